The molecular formula is C24H22ClF3N4O4S. The summed E-state index contributed by atoms with van der Waals surface area (Å²) in [6.45, 7) is -1.13. The highest BCUT2D eigenvalue weighted by Gasteiger charge is 2.49. The number of esters is 1. The van der Waals surface area contributed by atoms with Gasteiger partial charge >= 0.3 is 11.9 Å². The molecule has 0 spiro atoms. The molecule has 5 rings (SSSR count). The predicted octanol–water partition coefficient (Wildman–Crippen LogP) is 4.13. The second kappa shape index (κ2) is 9.73. The number of thiazole rings is 1. The summed E-state index contributed by atoms with van der Waals surface area (Å²) in [5.74, 6) is -5.37. The third kappa shape index (κ3) is 5.23. The van der Waals surface area contributed by atoms with E-state index in [1.165, 1.54) is 23.5 Å². The van der Waals surface area contributed by atoms with Crippen LogP contribution in [0.1, 0.15) is 47.5 Å². The first-order valence-electron chi connectivity index (χ1n) is 11.5. The molecule has 2 atom stereocenters. The number of methoxy groups -OCH3 is 1. The number of benzene rings is 1. The molecule has 2 unspecified atom stereocenters. The highest BCUT2D eigenvalue weighted by Crippen LogP contribution is 2.41. The number of hydrogen-bond donors (Lipinski definition) is 2. The first-order valence-corrected chi connectivity index (χ1v) is 12.7. The number of halogens is 4. The van der Waals surface area contributed by atoms with Crippen LogP contribution in [0, 0.1) is 5.82 Å². The number of carboxylic acid groups (broad SMARTS) is 1. The minimum Gasteiger partial charge on any atom is -0.480 e. The maximum absolute atomic E-state index is 14.2. The number of nitrogens with one attached hydrogen (secondary N) is 1. The zero-order chi connectivity index (χ0) is 26.5. The topological polar surface area (TPSA) is 104 Å². The van der Waals surface area contributed by atoms with Gasteiger partial charge in [-0.25, -0.2) is 22.9 Å². The number of aliphatic imine (C=N–C) groups is 1. The van der Waals surface area contributed by atoms with E-state index in [0.717, 1.165) is 36.6 Å². The molecule has 1 aliphatic carbocycles. The summed E-state index contributed by atoms with van der Waals surface area (Å²) in [5.41, 5.74) is 1.29. The minimum atomic E-state index is -3.21. The van der Waals surface area contributed by atoms with Crippen molar-refractivity contribution in [2.45, 2.75) is 43.2 Å². The van der Waals surface area contributed by atoms with Crippen LogP contribution in [0.2, 0.25) is 5.02 Å². The molecule has 2 fully saturated rings. The smallest absolute Gasteiger partial charge is 0.338 e. The van der Waals surface area contributed by atoms with Crippen LogP contribution in [-0.2, 0) is 14.3 Å². The Hall–Kier alpha value is -2.96. The van der Waals surface area contributed by atoms with Gasteiger partial charge in [0.1, 0.15) is 17.9 Å². The van der Waals surface area contributed by atoms with Crippen LogP contribution in [0.4, 0.5) is 13.2 Å². The number of nitrogens with zero attached hydrogens (tertiary/aromatic N) is 3. The zero-order valence-electron chi connectivity index (χ0n) is 19.5. The fourth-order valence-corrected chi connectivity index (χ4v) is 5.71. The van der Waals surface area contributed by atoms with Crippen molar-refractivity contribution >= 4 is 40.7 Å². The highest BCUT2D eigenvalue weighted by atomic mass is 35.5. The van der Waals surface area contributed by atoms with E-state index >= 15 is 0 Å². The van der Waals surface area contributed by atoms with Crippen LogP contribution in [0.5, 0.6) is 0 Å². The number of amidine groups is 1. The van der Waals surface area contributed by atoms with Crippen molar-refractivity contribution in [3.8, 4) is 0 Å². The fourth-order valence-electron chi connectivity index (χ4n) is 4.59. The van der Waals surface area contributed by atoms with Crippen molar-refractivity contribution in [3.63, 3.8) is 0 Å². The SMILES string of the molecule is COC(=O)C1=C(CN2CC(F)(F)CC2C(=O)O)NC(c2nc(C3CC3)cs2)=NC1c1ccc(F)cc1Cl. The third-order valence-electron chi connectivity index (χ3n) is 6.52. The van der Waals surface area contributed by atoms with Gasteiger partial charge in [-0.05, 0) is 25.0 Å². The Morgan fingerprint density at radius 3 is 2.76 bits per heavy atom. The lowest BCUT2D eigenvalue weighted by atomic mass is 9.95. The molecule has 1 aromatic carbocycles. The van der Waals surface area contributed by atoms with E-state index in [4.69, 9.17) is 16.3 Å². The van der Waals surface area contributed by atoms with Crippen LogP contribution in [0.3, 0.4) is 0 Å². The predicted molar refractivity (Wildman–Crippen MR) is 130 cm³/mol. The van der Waals surface area contributed by atoms with Crippen LogP contribution < -0.4 is 5.32 Å². The first kappa shape index (κ1) is 25.7. The Morgan fingerprint density at radius 1 is 1.35 bits per heavy atom. The zero-order valence-corrected chi connectivity index (χ0v) is 21.1. The van der Waals surface area contributed by atoms with Gasteiger partial charge in [-0.2, -0.15) is 0 Å². The van der Waals surface area contributed by atoms with Crippen molar-refractivity contribution in [1.29, 1.82) is 0 Å². The second-order valence-electron chi connectivity index (χ2n) is 9.23. The number of aliphatic carboxylic acids is 1. The van der Waals surface area contributed by atoms with Crippen molar-refractivity contribution < 1.29 is 32.6 Å². The van der Waals surface area contributed by atoms with Crippen LogP contribution in [0.25, 0.3) is 0 Å². The average molecular weight is 555 g/mol. The Bertz CT molecular complexity index is 1330. The van der Waals surface area contributed by atoms with Crippen molar-refractivity contribution in [3.05, 3.63) is 62.0 Å². The maximum Gasteiger partial charge on any atom is 0.338 e. The molecule has 1 saturated heterocycles. The van der Waals surface area contributed by atoms with E-state index in [2.05, 4.69) is 15.3 Å². The third-order valence-corrected chi connectivity index (χ3v) is 7.72. The molecule has 2 aromatic rings. The number of hydrogen-bond acceptors (Lipinski definition) is 8. The molecule has 3 heterocycles. The standard InChI is InChI=1S/C24H22ClF3N4O4S/c1-36-23(35)18-15(8-32-10-24(27,28)7-17(32)22(33)34)29-20(21-30-16(9-37-21)11-2-3-11)31-19(18)13-5-4-12(26)6-14(13)25/h4-6,9,11,17,19H,2-3,7-8,10H2,1H3,(H,29,31)(H,33,34). The monoisotopic (exact) mass is 554 g/mol. The number of aromatic nitrogens is 1. The lowest BCUT2D eigenvalue weighted by Gasteiger charge is -2.30. The van der Waals surface area contributed by atoms with Crippen LogP contribution in [0.15, 0.2) is 39.8 Å². The summed E-state index contributed by atoms with van der Waals surface area (Å²) in [7, 11) is 1.16. The summed E-state index contributed by atoms with van der Waals surface area (Å²) < 4.78 is 47.2. The molecule has 0 bridgehead atoms. The Labute approximate surface area is 218 Å². The number of rotatable bonds is 7. The van der Waals surface area contributed by atoms with E-state index < -0.39 is 48.7 Å². The summed E-state index contributed by atoms with van der Waals surface area (Å²) in [5, 5.41) is 15.0. The summed E-state index contributed by atoms with van der Waals surface area (Å²) in [6.07, 6.45) is 1.22. The largest absolute Gasteiger partial charge is 0.480 e. The lowest BCUT2D eigenvalue weighted by molar-refractivity contribution is -0.142. The molecule has 3 aliphatic rings. The number of likely N-dealkylation sites (tertiary alicyclic amines) is 1. The molecule has 2 N–H and O–H groups in total. The summed E-state index contributed by atoms with van der Waals surface area (Å²) >= 11 is 7.67. The molecule has 196 valence electrons. The van der Waals surface area contributed by atoms with Crippen molar-refractivity contribution in [1.82, 2.24) is 15.2 Å². The average Bonchev–Trinajstić information content (AvgIpc) is 3.48. The van der Waals surface area contributed by atoms with E-state index in [0.29, 0.717) is 16.5 Å². The van der Waals surface area contributed by atoms with Crippen LogP contribution in [-0.4, -0.2) is 64.9 Å². The van der Waals surface area contributed by atoms with E-state index in [-0.39, 0.29) is 28.7 Å². The van der Waals surface area contributed by atoms with Gasteiger partial charge in [0.15, 0.2) is 10.8 Å². The van der Waals surface area contributed by atoms with Gasteiger partial charge in [0, 0.05) is 40.5 Å². The number of carbonyl (C=O) groups excluding carboxylic acids is 1. The second-order valence-corrected chi connectivity index (χ2v) is 10.5. The lowest BCUT2D eigenvalue weighted by Crippen LogP contribution is -2.43. The van der Waals surface area contributed by atoms with Crippen molar-refractivity contribution in [2.24, 2.45) is 4.99 Å². The molecule has 0 radical (unpaired) electrons. The van der Waals surface area contributed by atoms with Gasteiger partial charge in [0.2, 0.25) is 0 Å². The Kier molecular flexibility index (Phi) is 6.75. The van der Waals surface area contributed by atoms with Crippen molar-refractivity contribution in [2.75, 3.05) is 20.2 Å². The molecule has 1 saturated carbocycles. The molecular weight excluding hydrogens is 533 g/mol. The number of carboxylic acids is 1. The highest BCUT2D eigenvalue weighted by molar-refractivity contribution is 7.11. The maximum atomic E-state index is 14.2. The molecule has 13 heteroatoms. The summed E-state index contributed by atoms with van der Waals surface area (Å²) in [4.78, 5) is 35.2. The molecule has 0 amide bonds. The van der Waals surface area contributed by atoms with Gasteiger partial charge in [-0.1, -0.05) is 17.7 Å². The molecule has 2 aliphatic heterocycles. The number of ether oxygens (including phenoxy) is 1. The van der Waals surface area contributed by atoms with Gasteiger partial charge in [0.05, 0.1) is 24.9 Å². The fraction of sp³-hybridized carbons (Fsp3) is 0.417. The molecule has 37 heavy (non-hydrogen) atoms. The minimum absolute atomic E-state index is 0.00433. The number of carbonyl (C=O) groups is 2. The van der Waals surface area contributed by atoms with Gasteiger partial charge < -0.3 is 15.2 Å². The van der Waals surface area contributed by atoms with Gasteiger partial charge in [-0.15, -0.1) is 11.3 Å². The summed E-state index contributed by atoms with van der Waals surface area (Å²) in [6, 6.07) is 1.10. The number of alkyl halides is 2. The quantitative estimate of drug-likeness (QED) is 0.496. The molecule has 1 aromatic heterocycles. The Balaban J connectivity index is 1.61. The Morgan fingerprint density at radius 2 is 2.11 bits per heavy atom. The van der Waals surface area contributed by atoms with Gasteiger partial charge in [-0.3, -0.25) is 14.7 Å². The molecule has 8 nitrogen and oxygen atoms in total. The van der Waals surface area contributed by atoms with E-state index in [1.807, 2.05) is 5.38 Å². The van der Waals surface area contributed by atoms with Crippen LogP contribution >= 0.6 is 22.9 Å². The van der Waals surface area contributed by atoms with E-state index in [1.54, 1.807) is 0 Å². The first-order chi connectivity index (χ1) is 17.6. The van der Waals surface area contributed by atoms with E-state index in [9.17, 15) is 27.9 Å². The normalized spacial score (nSPS) is 23.5. The van der Waals surface area contributed by atoms with Gasteiger partial charge in [0.25, 0.3) is 5.92 Å².